The van der Waals surface area contributed by atoms with Gasteiger partial charge in [0.05, 0.1) is 11.5 Å². The number of nitrogens with zero attached hydrogens (tertiary/aromatic N) is 2. The Kier molecular flexibility index (Phi) is 3.83. The lowest BCUT2D eigenvalue weighted by Gasteiger charge is -2.07. The number of halogens is 1. The maximum absolute atomic E-state index is 13.6. The molecule has 0 unspecified atom stereocenters. The number of carboxylic acid groups (broad SMARTS) is 1. The van der Waals surface area contributed by atoms with Gasteiger partial charge in [-0.05, 0) is 6.92 Å². The van der Waals surface area contributed by atoms with Gasteiger partial charge in [0, 0.05) is 18.2 Å². The minimum Gasteiger partial charge on any atom is -0.478 e. The van der Waals surface area contributed by atoms with Crippen molar-refractivity contribution in [2.24, 2.45) is 0 Å². The molecule has 2 N–H and O–H groups in total. The van der Waals surface area contributed by atoms with E-state index < -0.39 is 28.0 Å². The Bertz CT molecular complexity index is 713. The van der Waals surface area contributed by atoms with Crippen molar-refractivity contribution in [3.63, 3.8) is 0 Å². The van der Waals surface area contributed by atoms with Gasteiger partial charge < -0.3 is 14.9 Å². The van der Waals surface area contributed by atoms with Gasteiger partial charge in [0.15, 0.2) is 0 Å². The van der Waals surface area contributed by atoms with Gasteiger partial charge in [-0.25, -0.2) is 9.18 Å². The maximum atomic E-state index is 13.6. The SMILES string of the molecule is Cc1cc(CNc2cc(F)c(C(=O)O)cc2[N+](=O)[O-])no1. The Morgan fingerprint density at radius 1 is 1.52 bits per heavy atom. The number of carbonyl (C=O) groups is 1. The largest absolute Gasteiger partial charge is 0.478 e. The summed E-state index contributed by atoms with van der Waals surface area (Å²) in [6.45, 7) is 1.75. The number of aromatic carboxylic acids is 1. The first-order valence-corrected chi connectivity index (χ1v) is 5.75. The summed E-state index contributed by atoms with van der Waals surface area (Å²) in [4.78, 5) is 20.9. The summed E-state index contributed by atoms with van der Waals surface area (Å²) in [5, 5.41) is 26.0. The zero-order valence-electron chi connectivity index (χ0n) is 10.8. The quantitative estimate of drug-likeness (QED) is 0.641. The zero-order chi connectivity index (χ0) is 15.6. The monoisotopic (exact) mass is 295 g/mol. The van der Waals surface area contributed by atoms with Crippen LogP contribution in [-0.2, 0) is 6.54 Å². The number of aromatic nitrogens is 1. The number of anilines is 1. The van der Waals surface area contributed by atoms with Gasteiger partial charge in [0.1, 0.15) is 28.5 Å². The van der Waals surface area contributed by atoms with Crippen LogP contribution >= 0.6 is 0 Å². The standard InChI is InChI=1S/C12H10FN3O5/c1-6-2-7(15-21-6)5-14-10-4-9(13)8(12(17)18)3-11(10)16(19)20/h2-4,14H,5H2,1H3,(H,17,18). The molecule has 0 radical (unpaired) electrons. The van der Waals surface area contributed by atoms with E-state index in [0.717, 1.165) is 6.07 Å². The lowest BCUT2D eigenvalue weighted by molar-refractivity contribution is -0.384. The lowest BCUT2D eigenvalue weighted by atomic mass is 10.1. The molecule has 0 aliphatic carbocycles. The maximum Gasteiger partial charge on any atom is 0.338 e. The summed E-state index contributed by atoms with van der Waals surface area (Å²) < 4.78 is 18.4. The molecule has 2 aromatic rings. The fourth-order valence-corrected chi connectivity index (χ4v) is 1.71. The number of nitro benzene ring substituents is 1. The van der Waals surface area contributed by atoms with E-state index in [1.165, 1.54) is 0 Å². The number of rotatable bonds is 5. The Morgan fingerprint density at radius 2 is 2.24 bits per heavy atom. The van der Waals surface area contributed by atoms with E-state index in [1.54, 1.807) is 13.0 Å². The molecule has 0 aliphatic rings. The third-order valence-electron chi connectivity index (χ3n) is 2.65. The summed E-state index contributed by atoms with van der Waals surface area (Å²) in [5.41, 5.74) is -0.953. The molecule has 110 valence electrons. The van der Waals surface area contributed by atoms with Crippen LogP contribution in [0.3, 0.4) is 0 Å². The molecule has 0 saturated carbocycles. The van der Waals surface area contributed by atoms with Gasteiger partial charge in [0.2, 0.25) is 0 Å². The van der Waals surface area contributed by atoms with Crippen LogP contribution in [0.1, 0.15) is 21.8 Å². The number of nitrogens with one attached hydrogen (secondary N) is 1. The molecular formula is C12H10FN3O5. The van der Waals surface area contributed by atoms with Crippen LogP contribution in [0.4, 0.5) is 15.8 Å². The van der Waals surface area contributed by atoms with Crippen molar-refractivity contribution in [1.29, 1.82) is 0 Å². The minimum atomic E-state index is -1.57. The molecule has 8 nitrogen and oxygen atoms in total. The van der Waals surface area contributed by atoms with Crippen molar-refractivity contribution in [2.75, 3.05) is 5.32 Å². The van der Waals surface area contributed by atoms with Gasteiger partial charge in [-0.2, -0.15) is 0 Å². The van der Waals surface area contributed by atoms with Crippen molar-refractivity contribution in [3.05, 3.63) is 51.1 Å². The van der Waals surface area contributed by atoms with E-state index >= 15 is 0 Å². The summed E-state index contributed by atoms with van der Waals surface area (Å²) in [7, 11) is 0. The van der Waals surface area contributed by atoms with Crippen molar-refractivity contribution in [1.82, 2.24) is 5.16 Å². The third-order valence-corrected chi connectivity index (χ3v) is 2.65. The van der Waals surface area contributed by atoms with E-state index in [4.69, 9.17) is 9.63 Å². The number of benzene rings is 1. The molecule has 0 bridgehead atoms. The van der Waals surface area contributed by atoms with Crippen LogP contribution in [0.5, 0.6) is 0 Å². The van der Waals surface area contributed by atoms with Crippen LogP contribution in [0.25, 0.3) is 0 Å². The molecule has 9 heteroatoms. The average Bonchev–Trinajstić information content (AvgIpc) is 2.81. The molecule has 1 aromatic heterocycles. The number of aryl methyl sites for hydroxylation is 1. The molecule has 0 amide bonds. The van der Waals surface area contributed by atoms with Crippen molar-refractivity contribution in [3.8, 4) is 0 Å². The van der Waals surface area contributed by atoms with Gasteiger partial charge in [0.25, 0.3) is 5.69 Å². The fraction of sp³-hybridized carbons (Fsp3) is 0.167. The highest BCUT2D eigenvalue weighted by Gasteiger charge is 2.21. The Balaban J connectivity index is 2.31. The van der Waals surface area contributed by atoms with Gasteiger partial charge >= 0.3 is 5.97 Å². The Hall–Kier alpha value is -2.97. The molecular weight excluding hydrogens is 285 g/mol. The first-order valence-electron chi connectivity index (χ1n) is 5.75. The van der Waals surface area contributed by atoms with Crippen molar-refractivity contribution >= 4 is 17.3 Å². The van der Waals surface area contributed by atoms with Crippen LogP contribution in [0.15, 0.2) is 22.7 Å². The Labute approximate surface area is 117 Å². The highest BCUT2D eigenvalue weighted by Crippen LogP contribution is 2.28. The zero-order valence-corrected chi connectivity index (χ0v) is 10.8. The Morgan fingerprint density at radius 3 is 2.76 bits per heavy atom. The van der Waals surface area contributed by atoms with Crippen LogP contribution in [0.2, 0.25) is 0 Å². The molecule has 0 fully saturated rings. The highest BCUT2D eigenvalue weighted by molar-refractivity contribution is 5.90. The topological polar surface area (TPSA) is 118 Å². The van der Waals surface area contributed by atoms with Crippen molar-refractivity contribution < 1.29 is 23.7 Å². The predicted molar refractivity (Wildman–Crippen MR) is 68.6 cm³/mol. The molecule has 0 atom stereocenters. The lowest BCUT2D eigenvalue weighted by Crippen LogP contribution is -2.07. The summed E-state index contributed by atoms with van der Waals surface area (Å²) in [6.07, 6.45) is 0. The smallest absolute Gasteiger partial charge is 0.338 e. The number of carboxylic acids is 1. The van der Waals surface area contributed by atoms with E-state index in [-0.39, 0.29) is 12.2 Å². The second-order valence-electron chi connectivity index (χ2n) is 4.19. The van der Waals surface area contributed by atoms with E-state index in [1.807, 2.05) is 0 Å². The number of hydrogen-bond acceptors (Lipinski definition) is 6. The fourth-order valence-electron chi connectivity index (χ4n) is 1.71. The second-order valence-corrected chi connectivity index (χ2v) is 4.19. The first-order chi connectivity index (χ1) is 9.88. The van der Waals surface area contributed by atoms with Gasteiger partial charge in [-0.1, -0.05) is 5.16 Å². The molecule has 0 saturated heterocycles. The number of nitro groups is 1. The third kappa shape index (κ3) is 3.14. The minimum absolute atomic E-state index is 0.0735. The van der Waals surface area contributed by atoms with Crippen LogP contribution in [0, 0.1) is 22.9 Å². The van der Waals surface area contributed by atoms with Gasteiger partial charge in [-0.15, -0.1) is 0 Å². The molecule has 21 heavy (non-hydrogen) atoms. The normalized spacial score (nSPS) is 10.4. The first kappa shape index (κ1) is 14.4. The number of hydrogen-bond donors (Lipinski definition) is 2. The van der Waals surface area contributed by atoms with E-state index in [0.29, 0.717) is 17.5 Å². The second kappa shape index (κ2) is 5.57. The predicted octanol–water partition coefficient (Wildman–Crippen LogP) is 2.34. The van der Waals surface area contributed by atoms with E-state index in [2.05, 4.69) is 10.5 Å². The summed E-state index contributed by atoms with van der Waals surface area (Å²) in [6, 6.07) is 3.06. The van der Waals surface area contributed by atoms with Crippen LogP contribution < -0.4 is 5.32 Å². The van der Waals surface area contributed by atoms with Crippen LogP contribution in [-0.4, -0.2) is 21.2 Å². The highest BCUT2D eigenvalue weighted by atomic mass is 19.1. The summed E-state index contributed by atoms with van der Waals surface area (Å²) >= 11 is 0. The van der Waals surface area contributed by atoms with Crippen molar-refractivity contribution in [2.45, 2.75) is 13.5 Å². The van der Waals surface area contributed by atoms with Gasteiger partial charge in [-0.3, -0.25) is 10.1 Å². The average molecular weight is 295 g/mol. The molecule has 0 spiro atoms. The summed E-state index contributed by atoms with van der Waals surface area (Å²) in [5.74, 6) is -2.07. The molecule has 1 heterocycles. The molecule has 1 aromatic carbocycles. The van der Waals surface area contributed by atoms with E-state index in [9.17, 15) is 19.3 Å². The molecule has 0 aliphatic heterocycles. The molecule has 2 rings (SSSR count).